The number of anilines is 2. The summed E-state index contributed by atoms with van der Waals surface area (Å²) >= 11 is 18.5. The van der Waals surface area contributed by atoms with Gasteiger partial charge in [-0.05, 0) is 18.2 Å². The summed E-state index contributed by atoms with van der Waals surface area (Å²) in [5.41, 5.74) is 6.03. The predicted octanol–water partition coefficient (Wildman–Crippen LogP) is 4.09. The molecule has 0 atom stereocenters. The third-order valence-electron chi connectivity index (χ3n) is 2.11. The Hall–Kier alpha value is -0.660. The second kappa shape index (κ2) is 5.38. The average molecular weight is 358 g/mol. The quantitative estimate of drug-likeness (QED) is 0.813. The van der Waals surface area contributed by atoms with Crippen molar-refractivity contribution >= 4 is 67.5 Å². The largest absolute Gasteiger partial charge is 0.398 e. The van der Waals surface area contributed by atoms with Gasteiger partial charge in [-0.1, -0.05) is 34.8 Å². The monoisotopic (exact) mass is 356 g/mol. The van der Waals surface area contributed by atoms with Crippen LogP contribution in [0.25, 0.3) is 0 Å². The topological polar surface area (TPSA) is 72.2 Å². The molecular formula is C10H7Cl3N2O2S2. The van der Waals surface area contributed by atoms with Crippen LogP contribution in [0.1, 0.15) is 0 Å². The number of benzene rings is 1. The number of nitrogens with one attached hydrogen (secondary N) is 1. The van der Waals surface area contributed by atoms with E-state index in [1.165, 1.54) is 23.6 Å². The highest BCUT2D eigenvalue weighted by molar-refractivity contribution is 7.94. The zero-order valence-corrected chi connectivity index (χ0v) is 13.1. The van der Waals surface area contributed by atoms with E-state index in [1.54, 1.807) is 0 Å². The van der Waals surface area contributed by atoms with E-state index in [0.29, 0.717) is 5.69 Å². The highest BCUT2D eigenvalue weighted by atomic mass is 35.5. The molecule has 0 aliphatic heterocycles. The molecule has 1 aromatic carbocycles. The molecule has 102 valence electrons. The van der Waals surface area contributed by atoms with Gasteiger partial charge in [0.15, 0.2) is 0 Å². The molecule has 0 spiro atoms. The first-order chi connectivity index (χ1) is 8.79. The van der Waals surface area contributed by atoms with Gasteiger partial charge < -0.3 is 5.73 Å². The van der Waals surface area contributed by atoms with Crippen molar-refractivity contribution in [2.24, 2.45) is 0 Å². The highest BCUT2D eigenvalue weighted by Crippen LogP contribution is 2.34. The van der Waals surface area contributed by atoms with Gasteiger partial charge in [-0.25, -0.2) is 8.42 Å². The summed E-state index contributed by atoms with van der Waals surface area (Å²) in [5.74, 6) is 0. The fourth-order valence-electron chi connectivity index (χ4n) is 1.27. The van der Waals surface area contributed by atoms with Crippen molar-refractivity contribution in [1.29, 1.82) is 0 Å². The molecule has 0 amide bonds. The third kappa shape index (κ3) is 3.27. The summed E-state index contributed by atoms with van der Waals surface area (Å²) in [6.45, 7) is 0. The van der Waals surface area contributed by atoms with Crippen LogP contribution in [0.5, 0.6) is 0 Å². The lowest BCUT2D eigenvalue weighted by molar-refractivity contribution is 0.603. The van der Waals surface area contributed by atoms with Crippen LogP contribution in [0.2, 0.25) is 15.1 Å². The Morgan fingerprint density at radius 1 is 1.05 bits per heavy atom. The minimum Gasteiger partial charge on any atom is -0.398 e. The summed E-state index contributed by atoms with van der Waals surface area (Å²) in [5, 5.41) is 2.14. The number of nitrogen functional groups attached to an aromatic ring is 1. The van der Waals surface area contributed by atoms with Crippen LogP contribution in [0.15, 0.2) is 27.8 Å². The van der Waals surface area contributed by atoms with Crippen LogP contribution in [-0.2, 0) is 10.0 Å². The number of halogens is 3. The van der Waals surface area contributed by atoms with E-state index >= 15 is 0 Å². The predicted molar refractivity (Wildman–Crippen MR) is 81.0 cm³/mol. The molecule has 0 unspecified atom stereocenters. The number of hydrogen-bond donors (Lipinski definition) is 2. The van der Waals surface area contributed by atoms with Crippen molar-refractivity contribution in [3.63, 3.8) is 0 Å². The van der Waals surface area contributed by atoms with Crippen molar-refractivity contribution in [3.05, 3.63) is 38.6 Å². The molecular weight excluding hydrogens is 351 g/mol. The van der Waals surface area contributed by atoms with Crippen molar-refractivity contribution in [3.8, 4) is 0 Å². The summed E-state index contributed by atoms with van der Waals surface area (Å²) in [6.07, 6.45) is 0. The van der Waals surface area contributed by atoms with Gasteiger partial charge in [0.05, 0.1) is 20.8 Å². The van der Waals surface area contributed by atoms with Gasteiger partial charge in [0.1, 0.15) is 4.21 Å². The Labute approximate surface area is 129 Å². The Morgan fingerprint density at radius 3 is 2.26 bits per heavy atom. The standard InChI is InChI=1S/C10H7Cl3N2O2S2/c11-6-2-8(13)9(3-7(6)12)15-19(16,17)10-1-5(14)4-18-10/h1-4,15H,14H2. The van der Waals surface area contributed by atoms with E-state index in [9.17, 15) is 8.42 Å². The van der Waals surface area contributed by atoms with Crippen LogP contribution in [0.4, 0.5) is 11.4 Å². The molecule has 1 aromatic heterocycles. The fraction of sp³-hybridized carbons (Fsp3) is 0. The smallest absolute Gasteiger partial charge is 0.271 e. The number of rotatable bonds is 3. The van der Waals surface area contributed by atoms with Gasteiger partial charge >= 0.3 is 0 Å². The van der Waals surface area contributed by atoms with E-state index in [4.69, 9.17) is 40.5 Å². The molecule has 19 heavy (non-hydrogen) atoms. The van der Waals surface area contributed by atoms with E-state index in [-0.39, 0.29) is 25.0 Å². The van der Waals surface area contributed by atoms with E-state index in [1.807, 2.05) is 0 Å². The molecule has 0 aliphatic rings. The van der Waals surface area contributed by atoms with Gasteiger partial charge in [-0.15, -0.1) is 11.3 Å². The lowest BCUT2D eigenvalue weighted by Gasteiger charge is -2.09. The Bertz CT molecular complexity index is 728. The Morgan fingerprint density at radius 2 is 1.68 bits per heavy atom. The molecule has 0 saturated carbocycles. The minimum absolute atomic E-state index is 0.0899. The zero-order chi connectivity index (χ0) is 14.2. The molecule has 2 aromatic rings. The van der Waals surface area contributed by atoms with E-state index in [2.05, 4.69) is 4.72 Å². The number of hydrogen-bond acceptors (Lipinski definition) is 4. The zero-order valence-electron chi connectivity index (χ0n) is 9.15. The second-order valence-electron chi connectivity index (χ2n) is 3.55. The molecule has 1 heterocycles. The highest BCUT2D eigenvalue weighted by Gasteiger charge is 2.18. The first kappa shape index (κ1) is 14.7. The molecule has 3 N–H and O–H groups in total. The van der Waals surface area contributed by atoms with Crippen LogP contribution >= 0.6 is 46.1 Å². The number of nitrogens with two attached hydrogens (primary N) is 1. The van der Waals surface area contributed by atoms with Gasteiger partial charge in [-0.3, -0.25) is 4.72 Å². The summed E-state index contributed by atoms with van der Waals surface area (Å²) in [6, 6.07) is 4.07. The van der Waals surface area contributed by atoms with Crippen molar-refractivity contribution < 1.29 is 8.42 Å². The molecule has 0 radical (unpaired) electrons. The summed E-state index contributed by atoms with van der Waals surface area (Å²) in [7, 11) is -3.74. The average Bonchev–Trinajstić information content (AvgIpc) is 2.73. The summed E-state index contributed by atoms with van der Waals surface area (Å²) < 4.78 is 26.6. The van der Waals surface area contributed by atoms with Crippen molar-refractivity contribution in [2.75, 3.05) is 10.5 Å². The van der Waals surface area contributed by atoms with Gasteiger partial charge in [0.2, 0.25) is 0 Å². The molecule has 0 aliphatic carbocycles. The lowest BCUT2D eigenvalue weighted by atomic mass is 10.3. The number of thiophene rings is 1. The van der Waals surface area contributed by atoms with Crippen LogP contribution in [0, 0.1) is 0 Å². The Balaban J connectivity index is 2.38. The maximum absolute atomic E-state index is 12.1. The molecule has 0 fully saturated rings. The molecule has 0 bridgehead atoms. The Kier molecular flexibility index (Phi) is 4.17. The normalized spacial score (nSPS) is 11.5. The van der Waals surface area contributed by atoms with E-state index in [0.717, 1.165) is 11.3 Å². The molecule has 0 saturated heterocycles. The van der Waals surface area contributed by atoms with Crippen LogP contribution < -0.4 is 10.5 Å². The molecule has 9 heteroatoms. The van der Waals surface area contributed by atoms with Gasteiger partial charge in [0.25, 0.3) is 10.0 Å². The van der Waals surface area contributed by atoms with Gasteiger partial charge in [0, 0.05) is 11.1 Å². The first-order valence-electron chi connectivity index (χ1n) is 4.81. The van der Waals surface area contributed by atoms with Crippen LogP contribution in [-0.4, -0.2) is 8.42 Å². The lowest BCUT2D eigenvalue weighted by Crippen LogP contribution is -2.11. The van der Waals surface area contributed by atoms with Crippen LogP contribution in [0.3, 0.4) is 0 Å². The van der Waals surface area contributed by atoms with Crippen molar-refractivity contribution in [1.82, 2.24) is 0 Å². The molecule has 2 rings (SSSR count). The minimum atomic E-state index is -3.74. The van der Waals surface area contributed by atoms with E-state index < -0.39 is 10.0 Å². The maximum Gasteiger partial charge on any atom is 0.271 e. The van der Waals surface area contributed by atoms with Gasteiger partial charge in [-0.2, -0.15) is 0 Å². The second-order valence-corrected chi connectivity index (χ2v) is 7.59. The van der Waals surface area contributed by atoms with Crippen molar-refractivity contribution in [2.45, 2.75) is 4.21 Å². The third-order valence-corrected chi connectivity index (χ3v) is 5.97. The maximum atomic E-state index is 12.1. The number of sulfonamides is 1. The summed E-state index contributed by atoms with van der Waals surface area (Å²) in [4.78, 5) is 0. The molecule has 4 nitrogen and oxygen atoms in total. The fourth-order valence-corrected chi connectivity index (χ4v) is 4.07. The SMILES string of the molecule is Nc1csc(S(=O)(=O)Nc2cc(Cl)c(Cl)cc2Cl)c1. The first-order valence-corrected chi connectivity index (χ1v) is 8.30.